The lowest BCUT2D eigenvalue weighted by molar-refractivity contribution is 0.179. The Labute approximate surface area is 154 Å². The molecule has 2 heterocycles. The molecule has 1 aromatic carbocycles. The number of rotatable bonds is 3. The summed E-state index contributed by atoms with van der Waals surface area (Å²) < 4.78 is 0. The first-order valence-electron chi connectivity index (χ1n) is 9.07. The lowest BCUT2D eigenvalue weighted by Crippen LogP contribution is -2.41. The van der Waals surface area contributed by atoms with Crippen LogP contribution in [0.3, 0.4) is 0 Å². The molecule has 0 saturated carbocycles. The van der Waals surface area contributed by atoms with Crippen molar-refractivity contribution in [2.75, 3.05) is 13.1 Å². The summed E-state index contributed by atoms with van der Waals surface area (Å²) in [6, 6.07) is 13.0. The number of hydrogen-bond acceptors (Lipinski definition) is 2. The first-order valence-corrected chi connectivity index (χ1v) is 9.89. The first kappa shape index (κ1) is 18.0. The first-order chi connectivity index (χ1) is 11.8. The van der Waals surface area contributed by atoms with Crippen LogP contribution in [-0.4, -0.2) is 24.0 Å². The minimum atomic E-state index is -0.285. The van der Waals surface area contributed by atoms with Crippen LogP contribution in [0.5, 0.6) is 0 Å². The average molecular weight is 357 g/mol. The highest BCUT2D eigenvalue weighted by Gasteiger charge is 2.23. The molecule has 3 rings (SSSR count). The molecule has 0 unspecified atom stereocenters. The number of carbonyl (C=O) groups excluding carboxylic acids is 1. The van der Waals surface area contributed by atoms with Crippen molar-refractivity contribution in [1.82, 2.24) is 4.90 Å². The van der Waals surface area contributed by atoms with Gasteiger partial charge in [0.2, 0.25) is 0 Å². The highest BCUT2D eigenvalue weighted by atomic mass is 32.1. The number of amides is 2. The van der Waals surface area contributed by atoms with Gasteiger partial charge in [-0.3, -0.25) is 0 Å². The Morgan fingerprint density at radius 3 is 2.44 bits per heavy atom. The van der Waals surface area contributed by atoms with Crippen LogP contribution >= 0.6 is 11.3 Å². The van der Waals surface area contributed by atoms with Gasteiger partial charge in [0.15, 0.2) is 0 Å². The average Bonchev–Trinajstić information content (AvgIpc) is 3.06. The number of primary amides is 1. The molecule has 1 aliphatic rings. The van der Waals surface area contributed by atoms with Crippen LogP contribution in [0.4, 0.5) is 4.79 Å². The van der Waals surface area contributed by atoms with E-state index in [0.29, 0.717) is 5.92 Å². The molecule has 2 aromatic rings. The van der Waals surface area contributed by atoms with E-state index in [2.05, 4.69) is 57.2 Å². The van der Waals surface area contributed by atoms with Gasteiger partial charge in [-0.05, 0) is 53.9 Å². The van der Waals surface area contributed by atoms with Crippen LogP contribution in [-0.2, 0) is 11.8 Å². The summed E-state index contributed by atoms with van der Waals surface area (Å²) in [6.07, 6.45) is 3.15. The predicted molar refractivity (Wildman–Crippen MR) is 106 cm³/mol. The van der Waals surface area contributed by atoms with Crippen molar-refractivity contribution in [3.8, 4) is 10.4 Å². The zero-order valence-electron chi connectivity index (χ0n) is 15.4. The van der Waals surface area contributed by atoms with Crippen LogP contribution in [0.15, 0.2) is 36.4 Å². The molecule has 4 heteroatoms. The number of benzene rings is 1. The molecule has 0 spiro atoms. The number of hydrogen-bond donors (Lipinski definition) is 1. The van der Waals surface area contributed by atoms with Crippen molar-refractivity contribution in [2.24, 2.45) is 11.7 Å². The third-order valence-electron chi connectivity index (χ3n) is 5.06. The maximum Gasteiger partial charge on any atom is 0.314 e. The van der Waals surface area contributed by atoms with Crippen molar-refractivity contribution in [2.45, 2.75) is 45.4 Å². The maximum atomic E-state index is 11.3. The summed E-state index contributed by atoms with van der Waals surface area (Å²) in [5, 5.41) is 0. The minimum absolute atomic E-state index is 0.194. The Morgan fingerprint density at radius 2 is 1.84 bits per heavy atom. The number of piperidine rings is 1. The predicted octanol–water partition coefficient (Wildman–Crippen LogP) is 5.05. The van der Waals surface area contributed by atoms with Crippen LogP contribution in [0, 0.1) is 5.92 Å². The van der Waals surface area contributed by atoms with Gasteiger partial charge < -0.3 is 10.6 Å². The number of urea groups is 1. The maximum absolute atomic E-state index is 11.3. The second kappa shape index (κ2) is 7.20. The van der Waals surface area contributed by atoms with E-state index in [-0.39, 0.29) is 11.4 Å². The van der Waals surface area contributed by atoms with Crippen LogP contribution in [0.1, 0.15) is 44.1 Å². The van der Waals surface area contributed by atoms with E-state index in [1.165, 1.54) is 20.9 Å². The smallest absolute Gasteiger partial charge is 0.314 e. The zero-order chi connectivity index (χ0) is 18.0. The van der Waals surface area contributed by atoms with E-state index in [1.807, 2.05) is 11.3 Å². The van der Waals surface area contributed by atoms with Gasteiger partial charge in [0.05, 0.1) is 0 Å². The van der Waals surface area contributed by atoms with E-state index >= 15 is 0 Å². The molecule has 1 fully saturated rings. The van der Waals surface area contributed by atoms with E-state index in [9.17, 15) is 4.79 Å². The van der Waals surface area contributed by atoms with Crippen LogP contribution in [0.2, 0.25) is 0 Å². The molecule has 25 heavy (non-hydrogen) atoms. The highest BCUT2D eigenvalue weighted by Crippen LogP contribution is 2.37. The van der Waals surface area contributed by atoms with Crippen LogP contribution in [0.25, 0.3) is 10.4 Å². The summed E-state index contributed by atoms with van der Waals surface area (Å²) >= 11 is 1.90. The largest absolute Gasteiger partial charge is 0.351 e. The van der Waals surface area contributed by atoms with E-state index in [0.717, 1.165) is 32.4 Å². The third-order valence-corrected chi connectivity index (χ3v) is 6.61. The molecule has 1 saturated heterocycles. The fraction of sp³-hybridized carbons (Fsp3) is 0.476. The van der Waals surface area contributed by atoms with E-state index in [4.69, 9.17) is 5.73 Å². The van der Waals surface area contributed by atoms with Gasteiger partial charge in [-0.2, -0.15) is 0 Å². The molecular weight excluding hydrogens is 328 g/mol. The molecule has 1 aliphatic heterocycles. The number of carbonyl (C=O) groups is 1. The molecule has 0 aliphatic carbocycles. The van der Waals surface area contributed by atoms with Crippen molar-refractivity contribution < 1.29 is 4.79 Å². The Hall–Kier alpha value is -1.81. The fourth-order valence-electron chi connectivity index (χ4n) is 3.49. The van der Waals surface area contributed by atoms with Crippen molar-refractivity contribution in [1.29, 1.82) is 0 Å². The Morgan fingerprint density at radius 1 is 1.16 bits per heavy atom. The number of thiophene rings is 1. The molecule has 134 valence electrons. The topological polar surface area (TPSA) is 46.3 Å². The fourth-order valence-corrected chi connectivity index (χ4v) is 4.62. The number of likely N-dealkylation sites (tertiary alicyclic amines) is 1. The quantitative estimate of drug-likeness (QED) is 0.822. The molecule has 1 aromatic heterocycles. The summed E-state index contributed by atoms with van der Waals surface area (Å²) in [5.41, 5.74) is 8.37. The highest BCUT2D eigenvalue weighted by molar-refractivity contribution is 7.15. The SMILES string of the molecule is CC(C)(C)c1ccc(-c2ccccc2CC2CCN(C(N)=O)CC2)s1. The summed E-state index contributed by atoms with van der Waals surface area (Å²) in [4.78, 5) is 15.8. The second-order valence-corrected chi connectivity index (χ2v) is 9.13. The Bertz CT molecular complexity index is 736. The van der Waals surface area contributed by atoms with E-state index < -0.39 is 0 Å². The molecule has 3 nitrogen and oxygen atoms in total. The normalized spacial score (nSPS) is 16.2. The summed E-state index contributed by atoms with van der Waals surface area (Å²) in [6.45, 7) is 8.37. The zero-order valence-corrected chi connectivity index (χ0v) is 16.2. The van der Waals surface area contributed by atoms with E-state index in [1.54, 1.807) is 4.90 Å². The molecule has 0 radical (unpaired) electrons. The third kappa shape index (κ3) is 4.24. The van der Waals surface area contributed by atoms with Crippen molar-refractivity contribution in [3.63, 3.8) is 0 Å². The molecule has 0 bridgehead atoms. The Balaban J connectivity index is 1.76. The standard InChI is InChI=1S/C21H28N2OS/c1-21(2,3)19-9-8-18(25-19)17-7-5-4-6-16(17)14-15-10-12-23(13-11-15)20(22)24/h4-9,15H,10-14H2,1-3H3,(H2,22,24). The van der Waals surface area contributed by atoms with Crippen LogP contribution < -0.4 is 5.73 Å². The second-order valence-electron chi connectivity index (χ2n) is 8.04. The minimum Gasteiger partial charge on any atom is -0.351 e. The molecule has 0 atom stereocenters. The monoisotopic (exact) mass is 356 g/mol. The van der Waals surface area contributed by atoms with Crippen molar-refractivity contribution >= 4 is 17.4 Å². The van der Waals surface area contributed by atoms with Gasteiger partial charge in [-0.15, -0.1) is 11.3 Å². The number of nitrogens with two attached hydrogens (primary N) is 1. The van der Waals surface area contributed by atoms with Gasteiger partial charge in [0.1, 0.15) is 0 Å². The Kier molecular flexibility index (Phi) is 5.19. The summed E-state index contributed by atoms with van der Waals surface area (Å²) in [7, 11) is 0. The molecule has 2 amide bonds. The van der Waals surface area contributed by atoms with Gasteiger partial charge >= 0.3 is 6.03 Å². The summed E-state index contributed by atoms with van der Waals surface area (Å²) in [5.74, 6) is 0.624. The van der Waals surface area contributed by atoms with Gasteiger partial charge in [0, 0.05) is 22.8 Å². The molecule has 2 N–H and O–H groups in total. The van der Waals surface area contributed by atoms with Gasteiger partial charge in [-0.25, -0.2) is 4.79 Å². The van der Waals surface area contributed by atoms with Crippen molar-refractivity contribution in [3.05, 3.63) is 46.8 Å². The lowest BCUT2D eigenvalue weighted by Gasteiger charge is -2.31. The lowest BCUT2D eigenvalue weighted by atomic mass is 9.88. The van der Waals surface area contributed by atoms with Gasteiger partial charge in [0.25, 0.3) is 0 Å². The van der Waals surface area contributed by atoms with Gasteiger partial charge in [-0.1, -0.05) is 45.0 Å². The number of nitrogens with zero attached hydrogens (tertiary/aromatic N) is 1. The molecular formula is C21H28N2OS.